The maximum atomic E-state index is 12.2. The summed E-state index contributed by atoms with van der Waals surface area (Å²) in [6, 6.07) is 0. The predicted molar refractivity (Wildman–Crippen MR) is 36.4 cm³/mol. The van der Waals surface area contributed by atoms with E-state index >= 15 is 0 Å². The van der Waals surface area contributed by atoms with Gasteiger partial charge in [-0.15, -0.1) is 0 Å². The Labute approximate surface area is 79.0 Å². The molecule has 2 unspecified atom stereocenters. The van der Waals surface area contributed by atoms with Gasteiger partial charge in [0.15, 0.2) is 0 Å². The van der Waals surface area contributed by atoms with E-state index in [0.717, 1.165) is 0 Å². The lowest BCUT2D eigenvalue weighted by Gasteiger charge is -2.15. The van der Waals surface area contributed by atoms with Crippen LogP contribution in [0.3, 0.4) is 0 Å². The van der Waals surface area contributed by atoms with Crippen LogP contribution in [-0.4, -0.2) is 33.8 Å². The van der Waals surface area contributed by atoms with E-state index in [4.69, 9.17) is 9.11 Å². The Bertz CT molecular complexity index is 273. The first kappa shape index (κ1) is 13.6. The fourth-order valence-corrected chi connectivity index (χ4v) is 0.966. The summed E-state index contributed by atoms with van der Waals surface area (Å²) >= 11 is -8.35. The number of hydrogen-bond donors (Lipinski definition) is 2. The molecule has 0 aliphatic carbocycles. The van der Waals surface area contributed by atoms with Gasteiger partial charge < -0.3 is 9.11 Å². The largest absolute Gasteiger partial charge is 0.409 e. The van der Waals surface area contributed by atoms with Gasteiger partial charge in [-0.3, -0.25) is 4.79 Å². The fraction of sp³-hybridized carbons (Fsp3) is 0.667. The van der Waals surface area contributed by atoms with Crippen LogP contribution in [0.1, 0.15) is 0 Å². The predicted octanol–water partition coefficient (Wildman–Crippen LogP) is 0.185. The minimum atomic E-state index is -5.29. The number of Topliss-reactive ketones (excluding diaryl/α,β-unsaturated/α-hetero) is 1. The average Bonchev–Trinajstić information content (AvgIpc) is 2.02. The quantitative estimate of drug-likeness (QED) is 0.554. The van der Waals surface area contributed by atoms with E-state index in [-0.39, 0.29) is 0 Å². The third-order valence-corrected chi connectivity index (χ3v) is 2.22. The molecule has 0 rings (SSSR count). The minimum Gasteiger partial charge on any atom is -0.301 e. The number of rotatable bonds is 4. The Hall–Kier alpha value is -0.390. The highest BCUT2D eigenvalue weighted by Crippen LogP contribution is 2.30. The summed E-state index contributed by atoms with van der Waals surface area (Å²) in [6.45, 7) is 0. The molecule has 0 bridgehead atoms. The number of ketones is 1. The molecule has 0 aromatic heterocycles. The molecule has 0 aromatic rings. The Balaban J connectivity index is 5.16. The molecule has 0 saturated heterocycles. The van der Waals surface area contributed by atoms with Crippen molar-refractivity contribution < 1.29 is 39.9 Å². The molecular weight excluding hydrogens is 256 g/mol. The third-order valence-electron chi connectivity index (χ3n) is 0.967. The highest BCUT2D eigenvalue weighted by atomic mass is 32.2. The van der Waals surface area contributed by atoms with Crippen LogP contribution in [0.2, 0.25) is 0 Å². The summed E-state index contributed by atoms with van der Waals surface area (Å²) in [4.78, 5) is 10.2. The highest BCUT2D eigenvalue weighted by molar-refractivity contribution is 7.83. The standard InChI is InChI=1S/C3H2F4O5S2/c4-2(5,13(9)10)1(8)3(6,7)14(11)12/h(H,9,10)(H,11,12). The lowest BCUT2D eigenvalue weighted by Crippen LogP contribution is -2.47. The van der Waals surface area contributed by atoms with Gasteiger partial charge in [0.05, 0.1) is 0 Å². The lowest BCUT2D eigenvalue weighted by atomic mass is 10.4. The van der Waals surface area contributed by atoms with E-state index in [1.807, 2.05) is 0 Å². The molecule has 5 nitrogen and oxygen atoms in total. The van der Waals surface area contributed by atoms with Gasteiger partial charge in [-0.1, -0.05) is 0 Å². The van der Waals surface area contributed by atoms with Gasteiger partial charge in [0.2, 0.25) is 22.2 Å². The number of carbonyl (C=O) groups excluding carboxylic acids is 1. The molecule has 2 N–H and O–H groups in total. The van der Waals surface area contributed by atoms with Crippen LogP contribution in [0.5, 0.6) is 0 Å². The van der Waals surface area contributed by atoms with Crippen molar-refractivity contribution >= 4 is 27.9 Å². The van der Waals surface area contributed by atoms with Crippen molar-refractivity contribution in [3.05, 3.63) is 0 Å². The van der Waals surface area contributed by atoms with Crippen LogP contribution in [0, 0.1) is 0 Å². The molecule has 0 aromatic carbocycles. The summed E-state index contributed by atoms with van der Waals surface area (Å²) in [5.74, 6) is -3.38. The van der Waals surface area contributed by atoms with E-state index < -0.39 is 38.5 Å². The zero-order valence-electron chi connectivity index (χ0n) is 5.95. The molecule has 0 aliphatic rings. The zero-order chi connectivity index (χ0) is 11.7. The van der Waals surface area contributed by atoms with Gasteiger partial charge in [-0.05, 0) is 0 Å². The van der Waals surface area contributed by atoms with E-state index in [1.54, 1.807) is 0 Å². The van der Waals surface area contributed by atoms with Crippen LogP contribution in [0.4, 0.5) is 17.6 Å². The van der Waals surface area contributed by atoms with Crippen molar-refractivity contribution in [2.45, 2.75) is 10.5 Å². The molecule has 0 aliphatic heterocycles. The van der Waals surface area contributed by atoms with Gasteiger partial charge in [-0.25, -0.2) is 8.42 Å². The average molecular weight is 258 g/mol. The number of alkyl halides is 4. The van der Waals surface area contributed by atoms with E-state index in [1.165, 1.54) is 0 Å². The number of halogens is 4. The van der Waals surface area contributed by atoms with Gasteiger partial charge in [0, 0.05) is 0 Å². The second-order valence-corrected chi connectivity index (χ2v) is 3.88. The van der Waals surface area contributed by atoms with E-state index in [0.29, 0.717) is 0 Å². The maximum Gasteiger partial charge on any atom is 0.409 e. The Morgan fingerprint density at radius 3 is 1.29 bits per heavy atom. The first-order chi connectivity index (χ1) is 6.04. The maximum absolute atomic E-state index is 12.2. The van der Waals surface area contributed by atoms with Crippen LogP contribution < -0.4 is 0 Å². The normalized spacial score (nSPS) is 17.6. The molecule has 84 valence electrons. The molecule has 0 spiro atoms. The molecule has 2 atom stereocenters. The molecule has 0 fully saturated rings. The van der Waals surface area contributed by atoms with Crippen molar-refractivity contribution in [2.24, 2.45) is 0 Å². The molecular formula is C3H2F4O5S2. The summed E-state index contributed by atoms with van der Waals surface area (Å²) in [5, 5.41) is -10.6. The lowest BCUT2D eigenvalue weighted by molar-refractivity contribution is -0.148. The molecule has 11 heteroatoms. The van der Waals surface area contributed by atoms with E-state index in [2.05, 4.69) is 0 Å². The topological polar surface area (TPSA) is 91.7 Å². The minimum absolute atomic E-state index is 3.38. The number of carbonyl (C=O) groups is 1. The first-order valence-electron chi connectivity index (χ1n) is 2.57. The Morgan fingerprint density at radius 2 is 1.14 bits per heavy atom. The van der Waals surface area contributed by atoms with Crippen molar-refractivity contribution in [1.82, 2.24) is 0 Å². The smallest absolute Gasteiger partial charge is 0.301 e. The Kier molecular flexibility index (Phi) is 3.89. The van der Waals surface area contributed by atoms with Gasteiger partial charge >= 0.3 is 16.3 Å². The van der Waals surface area contributed by atoms with Crippen LogP contribution in [0.15, 0.2) is 0 Å². The summed E-state index contributed by atoms with van der Waals surface area (Å²) in [6.07, 6.45) is 0. The highest BCUT2D eigenvalue weighted by Gasteiger charge is 2.61. The van der Waals surface area contributed by atoms with Crippen molar-refractivity contribution in [3.8, 4) is 0 Å². The van der Waals surface area contributed by atoms with Crippen molar-refractivity contribution in [2.75, 3.05) is 0 Å². The molecule has 0 radical (unpaired) electrons. The summed E-state index contributed by atoms with van der Waals surface area (Å²) in [7, 11) is 0. The van der Waals surface area contributed by atoms with Crippen molar-refractivity contribution in [3.63, 3.8) is 0 Å². The molecule has 0 heterocycles. The van der Waals surface area contributed by atoms with Crippen LogP contribution >= 0.6 is 0 Å². The van der Waals surface area contributed by atoms with Crippen LogP contribution in [0.25, 0.3) is 0 Å². The summed E-state index contributed by atoms with van der Waals surface area (Å²) < 4.78 is 83.8. The van der Waals surface area contributed by atoms with Crippen molar-refractivity contribution in [1.29, 1.82) is 0 Å². The monoisotopic (exact) mass is 258 g/mol. The van der Waals surface area contributed by atoms with E-state index in [9.17, 15) is 30.8 Å². The van der Waals surface area contributed by atoms with Gasteiger partial charge in [0.1, 0.15) is 0 Å². The first-order valence-corrected chi connectivity index (χ1v) is 4.78. The second kappa shape index (κ2) is 4.00. The second-order valence-electron chi connectivity index (χ2n) is 1.86. The SMILES string of the molecule is O=C(C(F)(F)S(=O)O)C(F)(F)S(=O)O. The fourth-order valence-electron chi connectivity index (χ4n) is 0.328. The number of hydrogen-bond acceptors (Lipinski definition) is 3. The van der Waals surface area contributed by atoms with Gasteiger partial charge in [0.25, 0.3) is 0 Å². The summed E-state index contributed by atoms with van der Waals surface area (Å²) in [5.41, 5.74) is 0. The molecule has 14 heavy (non-hydrogen) atoms. The molecule has 0 amide bonds. The zero-order valence-corrected chi connectivity index (χ0v) is 7.58. The third kappa shape index (κ3) is 2.34. The van der Waals surface area contributed by atoms with Crippen LogP contribution in [-0.2, 0) is 27.0 Å². The van der Waals surface area contributed by atoms with Gasteiger partial charge in [-0.2, -0.15) is 17.6 Å². The Morgan fingerprint density at radius 1 is 0.929 bits per heavy atom. The molecule has 0 saturated carbocycles.